The topological polar surface area (TPSA) is 43.2 Å². The summed E-state index contributed by atoms with van der Waals surface area (Å²) < 4.78 is 0. The molecule has 2 heterocycles. The van der Waals surface area contributed by atoms with Gasteiger partial charge in [0.1, 0.15) is 11.9 Å². The van der Waals surface area contributed by atoms with Crippen molar-refractivity contribution in [3.05, 3.63) is 23.9 Å². The highest BCUT2D eigenvalue weighted by molar-refractivity contribution is 5.42. The van der Waals surface area contributed by atoms with Crippen LogP contribution in [0.5, 0.6) is 0 Å². The highest BCUT2D eigenvalue weighted by Crippen LogP contribution is 2.28. The van der Waals surface area contributed by atoms with Crippen molar-refractivity contribution < 1.29 is 0 Å². The molecular weight excluding hydrogens is 212 g/mol. The number of piperazine rings is 1. The zero-order chi connectivity index (χ0) is 11.7. The van der Waals surface area contributed by atoms with Crippen molar-refractivity contribution in [3.8, 4) is 6.07 Å². The van der Waals surface area contributed by atoms with Crippen molar-refractivity contribution in [1.29, 1.82) is 5.26 Å². The quantitative estimate of drug-likeness (QED) is 0.764. The van der Waals surface area contributed by atoms with Gasteiger partial charge in [0.15, 0.2) is 0 Å². The first-order valence-electron chi connectivity index (χ1n) is 6.22. The van der Waals surface area contributed by atoms with Gasteiger partial charge in [-0.25, -0.2) is 4.98 Å². The predicted octanol–water partition coefficient (Wildman–Crippen LogP) is 1.24. The third kappa shape index (κ3) is 2.25. The van der Waals surface area contributed by atoms with E-state index in [4.69, 9.17) is 5.26 Å². The Balaban J connectivity index is 1.63. The normalized spacial score (nSPS) is 21.2. The second-order valence-corrected chi connectivity index (χ2v) is 4.77. The highest BCUT2D eigenvalue weighted by Gasteiger charge is 2.31. The van der Waals surface area contributed by atoms with Crippen LogP contribution in [-0.2, 0) is 0 Å². The van der Waals surface area contributed by atoms with Gasteiger partial charge in [-0.05, 0) is 25.0 Å². The van der Waals surface area contributed by atoms with Crippen molar-refractivity contribution in [2.45, 2.75) is 18.9 Å². The van der Waals surface area contributed by atoms with E-state index in [2.05, 4.69) is 20.9 Å². The first kappa shape index (κ1) is 10.5. The summed E-state index contributed by atoms with van der Waals surface area (Å²) in [6, 6.07) is 6.76. The smallest absolute Gasteiger partial charge is 0.128 e. The molecule has 1 aliphatic heterocycles. The van der Waals surface area contributed by atoms with Crippen molar-refractivity contribution >= 4 is 5.82 Å². The Labute approximate surface area is 101 Å². The molecule has 2 aliphatic rings. The Kier molecular flexibility index (Phi) is 2.69. The molecule has 0 N–H and O–H groups in total. The number of anilines is 1. The van der Waals surface area contributed by atoms with Crippen LogP contribution in [0.15, 0.2) is 18.3 Å². The van der Waals surface area contributed by atoms with E-state index in [0.29, 0.717) is 5.56 Å². The molecule has 0 radical (unpaired) electrons. The summed E-state index contributed by atoms with van der Waals surface area (Å²) in [6.45, 7) is 4.39. The van der Waals surface area contributed by atoms with Crippen LogP contribution in [-0.4, -0.2) is 42.1 Å². The number of hydrogen-bond acceptors (Lipinski definition) is 4. The molecule has 0 atom stereocenters. The molecule has 1 aromatic heterocycles. The lowest BCUT2D eigenvalue weighted by Crippen LogP contribution is -2.47. The van der Waals surface area contributed by atoms with Crippen LogP contribution in [0.3, 0.4) is 0 Å². The van der Waals surface area contributed by atoms with Crippen LogP contribution < -0.4 is 4.90 Å². The Morgan fingerprint density at radius 1 is 1.18 bits per heavy atom. The fraction of sp³-hybridized carbons (Fsp3) is 0.538. The van der Waals surface area contributed by atoms with Gasteiger partial charge >= 0.3 is 0 Å². The lowest BCUT2D eigenvalue weighted by atomic mass is 10.2. The minimum atomic E-state index is 0.630. The molecule has 1 saturated carbocycles. The van der Waals surface area contributed by atoms with E-state index in [0.717, 1.165) is 38.0 Å². The molecule has 4 nitrogen and oxygen atoms in total. The van der Waals surface area contributed by atoms with Gasteiger partial charge in [0.05, 0.1) is 5.56 Å². The monoisotopic (exact) mass is 228 g/mol. The fourth-order valence-electron chi connectivity index (χ4n) is 2.40. The predicted molar refractivity (Wildman–Crippen MR) is 65.8 cm³/mol. The Bertz CT molecular complexity index is 422. The van der Waals surface area contributed by atoms with E-state index in [1.807, 2.05) is 12.1 Å². The van der Waals surface area contributed by atoms with E-state index in [1.165, 1.54) is 12.8 Å². The highest BCUT2D eigenvalue weighted by atomic mass is 15.3. The van der Waals surface area contributed by atoms with Crippen molar-refractivity contribution in [3.63, 3.8) is 0 Å². The Morgan fingerprint density at radius 3 is 2.47 bits per heavy atom. The number of aromatic nitrogens is 1. The summed E-state index contributed by atoms with van der Waals surface area (Å²) >= 11 is 0. The van der Waals surface area contributed by atoms with Gasteiger partial charge in [-0.2, -0.15) is 5.26 Å². The molecule has 3 rings (SSSR count). The second-order valence-electron chi connectivity index (χ2n) is 4.77. The van der Waals surface area contributed by atoms with Crippen LogP contribution in [0.4, 0.5) is 5.82 Å². The van der Waals surface area contributed by atoms with Gasteiger partial charge in [0, 0.05) is 38.4 Å². The minimum absolute atomic E-state index is 0.630. The third-order valence-electron chi connectivity index (χ3n) is 3.58. The second kappa shape index (κ2) is 4.34. The Morgan fingerprint density at radius 2 is 1.94 bits per heavy atom. The molecule has 1 aromatic rings. The summed E-state index contributed by atoms with van der Waals surface area (Å²) in [6.07, 6.45) is 4.42. The molecule has 1 saturated heterocycles. The summed E-state index contributed by atoms with van der Waals surface area (Å²) in [4.78, 5) is 9.23. The van der Waals surface area contributed by atoms with Crippen LogP contribution in [0, 0.1) is 11.3 Å². The molecule has 0 amide bonds. The van der Waals surface area contributed by atoms with Crippen molar-refractivity contribution in [2.24, 2.45) is 0 Å². The molecular formula is C13H16N4. The molecule has 0 bridgehead atoms. The van der Waals surface area contributed by atoms with Gasteiger partial charge in [-0.1, -0.05) is 0 Å². The van der Waals surface area contributed by atoms with E-state index < -0.39 is 0 Å². The van der Waals surface area contributed by atoms with Gasteiger partial charge in [0.25, 0.3) is 0 Å². The first-order chi connectivity index (χ1) is 8.36. The van der Waals surface area contributed by atoms with E-state index in [1.54, 1.807) is 6.20 Å². The molecule has 1 aliphatic carbocycles. The molecule has 88 valence electrons. The van der Waals surface area contributed by atoms with E-state index in [9.17, 15) is 0 Å². The summed E-state index contributed by atoms with van der Waals surface area (Å²) in [5.74, 6) is 0.999. The van der Waals surface area contributed by atoms with E-state index >= 15 is 0 Å². The Hall–Kier alpha value is -1.60. The summed E-state index contributed by atoms with van der Waals surface area (Å²) in [5.41, 5.74) is 0.630. The standard InChI is InChI=1S/C13H16N4/c14-9-11-1-4-13(15-10-11)17-7-5-16(6-8-17)12-2-3-12/h1,4,10,12H,2-3,5-8H2. The molecule has 0 aromatic carbocycles. The average Bonchev–Trinajstić information content (AvgIpc) is 3.24. The van der Waals surface area contributed by atoms with Crippen molar-refractivity contribution in [1.82, 2.24) is 9.88 Å². The zero-order valence-electron chi connectivity index (χ0n) is 9.84. The molecule has 2 fully saturated rings. The minimum Gasteiger partial charge on any atom is -0.354 e. The molecule has 4 heteroatoms. The van der Waals surface area contributed by atoms with Crippen LogP contribution in [0.25, 0.3) is 0 Å². The number of nitrogens with zero attached hydrogens (tertiary/aromatic N) is 4. The largest absolute Gasteiger partial charge is 0.354 e. The lowest BCUT2D eigenvalue weighted by molar-refractivity contribution is 0.247. The van der Waals surface area contributed by atoms with Crippen LogP contribution in [0.1, 0.15) is 18.4 Å². The third-order valence-corrected chi connectivity index (χ3v) is 3.58. The lowest BCUT2D eigenvalue weighted by Gasteiger charge is -2.35. The molecule has 17 heavy (non-hydrogen) atoms. The van der Waals surface area contributed by atoms with Crippen LogP contribution in [0.2, 0.25) is 0 Å². The molecule has 0 spiro atoms. The maximum Gasteiger partial charge on any atom is 0.128 e. The average molecular weight is 228 g/mol. The van der Waals surface area contributed by atoms with Gasteiger partial charge < -0.3 is 4.90 Å². The van der Waals surface area contributed by atoms with Gasteiger partial charge in [-0.3, -0.25) is 4.90 Å². The van der Waals surface area contributed by atoms with E-state index in [-0.39, 0.29) is 0 Å². The zero-order valence-corrected chi connectivity index (χ0v) is 9.84. The SMILES string of the molecule is N#Cc1ccc(N2CCN(C3CC3)CC2)nc1. The van der Waals surface area contributed by atoms with Crippen LogP contribution >= 0.6 is 0 Å². The first-order valence-corrected chi connectivity index (χ1v) is 6.22. The van der Waals surface area contributed by atoms with Crippen molar-refractivity contribution in [2.75, 3.05) is 31.1 Å². The number of hydrogen-bond donors (Lipinski definition) is 0. The maximum absolute atomic E-state index is 8.73. The summed E-state index contributed by atoms with van der Waals surface area (Å²) in [7, 11) is 0. The van der Waals surface area contributed by atoms with Gasteiger partial charge in [0.2, 0.25) is 0 Å². The fourth-order valence-corrected chi connectivity index (χ4v) is 2.40. The van der Waals surface area contributed by atoms with Gasteiger partial charge in [-0.15, -0.1) is 0 Å². The molecule has 0 unspecified atom stereocenters. The number of rotatable bonds is 2. The number of nitriles is 1. The summed E-state index contributed by atoms with van der Waals surface area (Å²) in [5, 5.41) is 8.73. The number of pyridine rings is 1. The maximum atomic E-state index is 8.73.